The van der Waals surface area contributed by atoms with Crippen molar-refractivity contribution < 1.29 is 19.0 Å². The molecule has 0 saturated carbocycles. The number of aryl methyl sites for hydroxylation is 1. The Morgan fingerprint density at radius 2 is 1.91 bits per heavy atom. The van der Waals surface area contributed by atoms with Crippen molar-refractivity contribution in [2.24, 2.45) is 4.99 Å². The van der Waals surface area contributed by atoms with Crippen molar-refractivity contribution in [3.8, 4) is 5.75 Å². The van der Waals surface area contributed by atoms with E-state index < -0.39 is 11.6 Å². The normalized spacial score (nSPS) is 16.8. The summed E-state index contributed by atoms with van der Waals surface area (Å²) in [4.78, 5) is 28.6. The lowest BCUT2D eigenvalue weighted by molar-refractivity contribution is -0.130. The average Bonchev–Trinajstić information content (AvgIpc) is 3.26. The number of aliphatic imine (C=N–C) groups is 1. The summed E-state index contributed by atoms with van der Waals surface area (Å²) >= 11 is 0. The minimum absolute atomic E-state index is 0.265. The lowest BCUT2D eigenvalue weighted by Gasteiger charge is -2.36. The van der Waals surface area contributed by atoms with Gasteiger partial charge in [-0.3, -0.25) is 9.79 Å². The molecule has 0 unspecified atom stereocenters. The van der Waals surface area contributed by atoms with Crippen LogP contribution in [0.3, 0.4) is 0 Å². The van der Waals surface area contributed by atoms with Crippen molar-refractivity contribution in [3.05, 3.63) is 59.9 Å². The molecule has 0 aliphatic carbocycles. The van der Waals surface area contributed by atoms with Crippen LogP contribution >= 0.6 is 0 Å². The Morgan fingerprint density at radius 3 is 2.44 bits per heavy atom. The van der Waals surface area contributed by atoms with Gasteiger partial charge in [-0.25, -0.2) is 14.4 Å². The van der Waals surface area contributed by atoms with Crippen molar-refractivity contribution >= 4 is 17.8 Å². The van der Waals surface area contributed by atoms with Crippen molar-refractivity contribution in [1.82, 2.24) is 14.9 Å². The van der Waals surface area contributed by atoms with E-state index in [0.29, 0.717) is 23.3 Å². The Morgan fingerprint density at radius 1 is 1.24 bits per heavy atom. The van der Waals surface area contributed by atoms with Crippen molar-refractivity contribution in [2.45, 2.75) is 45.6 Å². The molecular weight excluding hydrogens is 437 g/mol. The second-order valence-electron chi connectivity index (χ2n) is 8.47. The van der Waals surface area contributed by atoms with Crippen LogP contribution in [0.25, 0.3) is 0 Å². The van der Waals surface area contributed by atoms with Gasteiger partial charge in [-0.2, -0.15) is 0 Å². The minimum atomic E-state index is -0.709. The highest BCUT2D eigenvalue weighted by atomic mass is 19.1. The zero-order chi connectivity index (χ0) is 24.7. The van der Waals surface area contributed by atoms with E-state index >= 15 is 0 Å². The van der Waals surface area contributed by atoms with Crippen LogP contribution in [-0.2, 0) is 9.53 Å². The van der Waals surface area contributed by atoms with Crippen molar-refractivity contribution in [3.63, 3.8) is 0 Å². The SMILES string of the molecule is C=C(C)OC(=NC)c1ccc(O)c(F)c1.Cc1cnc(N2CCC(N3CCCC3=O)CC2)nc1. The van der Waals surface area contributed by atoms with Crippen molar-refractivity contribution in [2.75, 3.05) is 31.6 Å². The number of piperidine rings is 1. The lowest BCUT2D eigenvalue weighted by atomic mass is 10.0. The van der Waals surface area contributed by atoms with Gasteiger partial charge in [-0.15, -0.1) is 0 Å². The third-order valence-electron chi connectivity index (χ3n) is 5.73. The smallest absolute Gasteiger partial charge is 0.225 e. The first-order valence-corrected chi connectivity index (χ1v) is 11.4. The largest absolute Gasteiger partial charge is 0.505 e. The fraction of sp³-hybridized carbons (Fsp3) is 0.440. The number of carbonyl (C=O) groups excluding carboxylic acids is 1. The van der Waals surface area contributed by atoms with Crippen LogP contribution < -0.4 is 4.90 Å². The van der Waals surface area contributed by atoms with Crippen LogP contribution in [0, 0.1) is 12.7 Å². The molecule has 1 amide bonds. The second kappa shape index (κ2) is 11.6. The van der Waals surface area contributed by atoms with Gasteiger partial charge in [0, 0.05) is 57.1 Å². The van der Waals surface area contributed by atoms with E-state index in [1.165, 1.54) is 19.2 Å². The van der Waals surface area contributed by atoms with Gasteiger partial charge in [-0.05, 0) is 56.9 Å². The summed E-state index contributed by atoms with van der Waals surface area (Å²) in [5.74, 6) is 0.774. The molecule has 182 valence electrons. The van der Waals surface area contributed by atoms with Gasteiger partial charge in [0.1, 0.15) is 0 Å². The van der Waals surface area contributed by atoms with Gasteiger partial charge >= 0.3 is 0 Å². The molecule has 34 heavy (non-hydrogen) atoms. The molecule has 4 rings (SSSR count). The Labute approximate surface area is 199 Å². The van der Waals surface area contributed by atoms with E-state index in [2.05, 4.69) is 31.3 Å². The molecule has 0 spiro atoms. The number of benzene rings is 1. The van der Waals surface area contributed by atoms with E-state index in [1.807, 2.05) is 19.3 Å². The molecule has 2 aromatic rings. The Hall–Kier alpha value is -3.49. The number of nitrogens with zero attached hydrogens (tertiary/aromatic N) is 5. The zero-order valence-corrected chi connectivity index (χ0v) is 20.0. The molecule has 2 aliphatic heterocycles. The van der Waals surface area contributed by atoms with E-state index in [-0.39, 0.29) is 5.90 Å². The van der Waals surface area contributed by atoms with Crippen LogP contribution in [0.5, 0.6) is 5.75 Å². The predicted octanol–water partition coefficient (Wildman–Crippen LogP) is 3.83. The quantitative estimate of drug-likeness (QED) is 0.416. The summed E-state index contributed by atoms with van der Waals surface area (Å²) in [5.41, 5.74) is 1.54. The number of aromatic hydroxyl groups is 1. The van der Waals surface area contributed by atoms with Gasteiger partial charge < -0.3 is 19.6 Å². The first kappa shape index (κ1) is 25.1. The highest BCUT2D eigenvalue weighted by Crippen LogP contribution is 2.23. The number of amides is 1. The molecule has 1 N–H and O–H groups in total. The van der Waals surface area contributed by atoms with Gasteiger partial charge in [0.2, 0.25) is 17.8 Å². The van der Waals surface area contributed by atoms with Gasteiger partial charge in [0.05, 0.1) is 5.76 Å². The number of hydrogen-bond acceptors (Lipinski definition) is 7. The summed E-state index contributed by atoms with van der Waals surface area (Å²) in [6, 6.07) is 4.35. The standard InChI is InChI=1S/C14H20N4O.C11H12FNO2/c1-11-9-15-14(16-10-11)17-7-4-12(5-8-17)18-6-2-3-13(18)19;1-7(2)15-11(13-3)8-4-5-10(14)9(12)6-8/h9-10,12H,2-8H2,1H3;4-6,14H,1H2,2-3H3. The monoisotopic (exact) mass is 469 g/mol. The number of halogens is 1. The molecule has 0 radical (unpaired) electrons. The number of carbonyl (C=O) groups is 1. The van der Waals surface area contributed by atoms with Crippen molar-refractivity contribution in [1.29, 1.82) is 0 Å². The molecule has 2 saturated heterocycles. The van der Waals surface area contributed by atoms with E-state index in [9.17, 15) is 9.18 Å². The van der Waals surface area contributed by atoms with Gasteiger partial charge in [0.15, 0.2) is 11.6 Å². The third-order valence-corrected chi connectivity index (χ3v) is 5.73. The van der Waals surface area contributed by atoms with E-state index in [1.54, 1.807) is 6.92 Å². The number of hydrogen-bond donors (Lipinski definition) is 1. The highest BCUT2D eigenvalue weighted by molar-refractivity contribution is 5.94. The van der Waals surface area contributed by atoms with Crippen LogP contribution in [0.4, 0.5) is 10.3 Å². The summed E-state index contributed by atoms with van der Waals surface area (Å²) in [5, 5.41) is 9.01. The number of aromatic nitrogens is 2. The summed E-state index contributed by atoms with van der Waals surface area (Å²) in [7, 11) is 1.53. The molecule has 2 aliphatic rings. The fourth-order valence-electron chi connectivity index (χ4n) is 4.02. The van der Waals surface area contributed by atoms with E-state index in [0.717, 1.165) is 62.9 Å². The minimum Gasteiger partial charge on any atom is -0.505 e. The van der Waals surface area contributed by atoms with Gasteiger partial charge in [0.25, 0.3) is 0 Å². The summed E-state index contributed by atoms with van der Waals surface area (Å²) < 4.78 is 18.2. The lowest BCUT2D eigenvalue weighted by Crippen LogP contribution is -2.45. The fourth-order valence-corrected chi connectivity index (χ4v) is 4.02. The Kier molecular flexibility index (Phi) is 8.56. The maximum absolute atomic E-state index is 13.0. The molecule has 2 fully saturated rings. The molecule has 8 nitrogen and oxygen atoms in total. The highest BCUT2D eigenvalue weighted by Gasteiger charge is 2.31. The maximum Gasteiger partial charge on any atom is 0.225 e. The second-order valence-corrected chi connectivity index (χ2v) is 8.47. The molecule has 1 aromatic heterocycles. The molecular formula is C25H32FN5O3. The van der Waals surface area contributed by atoms with Crippen LogP contribution in [-0.4, -0.2) is 64.5 Å². The average molecular weight is 470 g/mol. The van der Waals surface area contributed by atoms with E-state index in [4.69, 9.17) is 9.84 Å². The number of phenolic OH excluding ortho intramolecular Hbond substituents is 1. The third kappa shape index (κ3) is 6.52. The number of allylic oxidation sites excluding steroid dienone is 1. The molecule has 3 heterocycles. The maximum atomic E-state index is 13.0. The number of phenols is 1. The topological polar surface area (TPSA) is 91.2 Å². The number of likely N-dealkylation sites (tertiary alicyclic amines) is 1. The van der Waals surface area contributed by atoms with Crippen LogP contribution in [0.15, 0.2) is 47.9 Å². The predicted molar refractivity (Wildman–Crippen MR) is 129 cm³/mol. The Bertz CT molecular complexity index is 1030. The summed E-state index contributed by atoms with van der Waals surface area (Å²) in [6.07, 6.45) is 7.55. The number of ether oxygens (including phenoxy) is 1. The first-order valence-electron chi connectivity index (χ1n) is 11.4. The van der Waals surface area contributed by atoms with Crippen LogP contribution in [0.1, 0.15) is 43.7 Å². The van der Waals surface area contributed by atoms with Gasteiger partial charge in [-0.1, -0.05) is 6.58 Å². The molecule has 9 heteroatoms. The molecule has 0 atom stereocenters. The number of anilines is 1. The molecule has 0 bridgehead atoms. The number of rotatable bonds is 4. The molecule has 1 aromatic carbocycles. The van der Waals surface area contributed by atoms with Crippen LogP contribution in [0.2, 0.25) is 0 Å². The Balaban J connectivity index is 0.000000197. The summed E-state index contributed by atoms with van der Waals surface area (Å²) in [6.45, 7) is 10.1. The first-order chi connectivity index (χ1) is 16.3. The zero-order valence-electron chi connectivity index (χ0n) is 20.0.